The standard InChI is InChI=1S/C24H33O5P/c1-4-7-19-24(20-8-5-2,23(25)27-6-3)30(26,28-21-15-11-9-12-16-21)29-22-17-13-10-14-18-22/h9-18H,4-8,19-20H2,1-3H3. The predicted molar refractivity (Wildman–Crippen MR) is 120 cm³/mol. The number of hydrogen-bond acceptors (Lipinski definition) is 5. The molecule has 0 fully saturated rings. The first-order chi connectivity index (χ1) is 14.5. The normalized spacial score (nSPS) is 11.7. The van der Waals surface area contributed by atoms with Gasteiger partial charge >= 0.3 is 13.6 Å². The van der Waals surface area contributed by atoms with Crippen LogP contribution in [0.2, 0.25) is 0 Å². The summed E-state index contributed by atoms with van der Waals surface area (Å²) in [7, 11) is -4.02. The molecule has 30 heavy (non-hydrogen) atoms. The number of unbranched alkanes of at least 4 members (excludes halogenated alkanes) is 2. The first kappa shape index (κ1) is 24.0. The number of hydrogen-bond donors (Lipinski definition) is 0. The fourth-order valence-electron chi connectivity index (χ4n) is 3.35. The summed E-state index contributed by atoms with van der Waals surface area (Å²) in [5, 5.41) is -1.37. The topological polar surface area (TPSA) is 61.8 Å². The molecule has 0 aliphatic rings. The molecule has 0 heterocycles. The Bertz CT molecular complexity index is 753. The van der Waals surface area contributed by atoms with E-state index < -0.39 is 18.7 Å². The van der Waals surface area contributed by atoms with Crippen LogP contribution in [0.15, 0.2) is 60.7 Å². The Kier molecular flexibility index (Phi) is 9.45. The lowest BCUT2D eigenvalue weighted by Crippen LogP contribution is -2.43. The molecule has 0 N–H and O–H groups in total. The zero-order chi connectivity index (χ0) is 21.9. The molecule has 0 aromatic heterocycles. The van der Waals surface area contributed by atoms with Gasteiger partial charge in [-0.25, -0.2) is 4.57 Å². The van der Waals surface area contributed by atoms with E-state index in [0.29, 0.717) is 37.2 Å². The lowest BCUT2D eigenvalue weighted by Gasteiger charge is -2.37. The van der Waals surface area contributed by atoms with Crippen LogP contribution in [0.4, 0.5) is 0 Å². The summed E-state index contributed by atoms with van der Waals surface area (Å²) in [5.41, 5.74) is 0. The summed E-state index contributed by atoms with van der Waals surface area (Å²) in [6.07, 6.45) is 3.87. The van der Waals surface area contributed by atoms with Gasteiger partial charge in [0.1, 0.15) is 11.5 Å². The number of carbonyl (C=O) groups is 1. The van der Waals surface area contributed by atoms with E-state index in [2.05, 4.69) is 0 Å². The van der Waals surface area contributed by atoms with Crippen LogP contribution >= 0.6 is 7.60 Å². The molecule has 2 aromatic carbocycles. The van der Waals surface area contributed by atoms with Gasteiger partial charge in [0.15, 0.2) is 5.16 Å². The lowest BCUT2D eigenvalue weighted by atomic mass is 9.95. The van der Waals surface area contributed by atoms with Crippen molar-refractivity contribution in [1.82, 2.24) is 0 Å². The highest BCUT2D eigenvalue weighted by atomic mass is 31.2. The molecule has 0 aliphatic carbocycles. The van der Waals surface area contributed by atoms with E-state index in [1.54, 1.807) is 55.5 Å². The second kappa shape index (κ2) is 11.8. The second-order valence-corrected chi connectivity index (χ2v) is 9.48. The smallest absolute Gasteiger partial charge is 0.448 e. The van der Waals surface area contributed by atoms with Crippen molar-refractivity contribution in [2.75, 3.05) is 6.61 Å². The molecule has 6 heteroatoms. The van der Waals surface area contributed by atoms with Crippen molar-refractivity contribution < 1.29 is 23.1 Å². The maximum absolute atomic E-state index is 14.6. The van der Waals surface area contributed by atoms with Gasteiger partial charge in [0.05, 0.1) is 6.61 Å². The third kappa shape index (κ3) is 5.89. The third-order valence-electron chi connectivity index (χ3n) is 5.01. The fraction of sp³-hybridized carbons (Fsp3) is 0.458. The van der Waals surface area contributed by atoms with Crippen molar-refractivity contribution in [2.24, 2.45) is 0 Å². The van der Waals surface area contributed by atoms with Crippen molar-refractivity contribution in [3.63, 3.8) is 0 Å². The zero-order valence-corrected chi connectivity index (χ0v) is 19.1. The van der Waals surface area contributed by atoms with E-state index in [4.69, 9.17) is 13.8 Å². The Morgan fingerprint density at radius 1 is 0.800 bits per heavy atom. The molecule has 2 rings (SSSR count). The average Bonchev–Trinajstić information content (AvgIpc) is 2.75. The van der Waals surface area contributed by atoms with E-state index in [0.717, 1.165) is 12.8 Å². The Balaban J connectivity index is 2.61. The Labute approximate surface area is 180 Å². The third-order valence-corrected chi connectivity index (χ3v) is 7.59. The highest BCUT2D eigenvalue weighted by Crippen LogP contribution is 2.63. The number of esters is 1. The van der Waals surface area contributed by atoms with Crippen molar-refractivity contribution in [2.45, 2.75) is 64.5 Å². The SMILES string of the molecule is CCCCC(CCCC)(C(=O)OCC)P(=O)(Oc1ccccc1)Oc1ccccc1. The molecule has 0 unspecified atom stereocenters. The molecule has 0 bridgehead atoms. The predicted octanol–water partition coefficient (Wildman–Crippen LogP) is 7.02. The van der Waals surface area contributed by atoms with Gasteiger partial charge in [-0.1, -0.05) is 75.9 Å². The van der Waals surface area contributed by atoms with Gasteiger partial charge in [-0.05, 0) is 44.0 Å². The number of ether oxygens (including phenoxy) is 1. The molecule has 5 nitrogen and oxygen atoms in total. The average molecular weight is 432 g/mol. The summed E-state index contributed by atoms with van der Waals surface area (Å²) in [4.78, 5) is 13.3. The van der Waals surface area contributed by atoms with E-state index in [1.165, 1.54) is 0 Å². The van der Waals surface area contributed by atoms with Gasteiger partial charge < -0.3 is 13.8 Å². The molecule has 0 saturated carbocycles. The molecule has 2 aromatic rings. The molecule has 0 aliphatic heterocycles. The first-order valence-corrected chi connectivity index (χ1v) is 12.3. The van der Waals surface area contributed by atoms with Crippen molar-refractivity contribution in [3.05, 3.63) is 60.7 Å². The number of rotatable bonds is 13. The van der Waals surface area contributed by atoms with Gasteiger partial charge in [0, 0.05) is 0 Å². The van der Waals surface area contributed by atoms with E-state index in [1.807, 2.05) is 26.0 Å². The van der Waals surface area contributed by atoms with Crippen LogP contribution in [0.25, 0.3) is 0 Å². The monoisotopic (exact) mass is 432 g/mol. The Morgan fingerprint density at radius 3 is 1.60 bits per heavy atom. The Morgan fingerprint density at radius 2 is 1.23 bits per heavy atom. The van der Waals surface area contributed by atoms with Crippen LogP contribution in [-0.2, 0) is 14.1 Å². The quantitative estimate of drug-likeness (QED) is 0.251. The number of para-hydroxylation sites is 2. The van der Waals surface area contributed by atoms with Gasteiger partial charge in [0.2, 0.25) is 0 Å². The highest BCUT2D eigenvalue weighted by Gasteiger charge is 2.59. The largest absolute Gasteiger partial charge is 0.465 e. The summed E-state index contributed by atoms with van der Waals surface area (Å²) in [5.74, 6) is 0.291. The van der Waals surface area contributed by atoms with Crippen molar-refractivity contribution >= 4 is 13.6 Å². The van der Waals surface area contributed by atoms with Gasteiger partial charge in [-0.15, -0.1) is 0 Å². The highest BCUT2D eigenvalue weighted by molar-refractivity contribution is 7.57. The zero-order valence-electron chi connectivity index (χ0n) is 18.2. The first-order valence-electron chi connectivity index (χ1n) is 10.8. The van der Waals surface area contributed by atoms with E-state index in [-0.39, 0.29) is 6.61 Å². The molecule has 0 saturated heterocycles. The minimum atomic E-state index is -4.02. The van der Waals surface area contributed by atoms with E-state index >= 15 is 0 Å². The van der Waals surface area contributed by atoms with Gasteiger partial charge in [0.25, 0.3) is 0 Å². The van der Waals surface area contributed by atoms with Crippen LogP contribution in [0.3, 0.4) is 0 Å². The van der Waals surface area contributed by atoms with Crippen LogP contribution in [0.1, 0.15) is 59.3 Å². The number of benzene rings is 2. The maximum Gasteiger partial charge on any atom is 0.448 e. The van der Waals surface area contributed by atoms with E-state index in [9.17, 15) is 9.36 Å². The van der Waals surface area contributed by atoms with Crippen LogP contribution < -0.4 is 9.05 Å². The van der Waals surface area contributed by atoms with Crippen LogP contribution in [0, 0.1) is 0 Å². The minimum Gasteiger partial charge on any atom is -0.465 e. The van der Waals surface area contributed by atoms with Crippen molar-refractivity contribution in [3.8, 4) is 11.5 Å². The van der Waals surface area contributed by atoms with Crippen molar-refractivity contribution in [1.29, 1.82) is 0 Å². The molecule has 0 amide bonds. The molecular formula is C24H33O5P. The summed E-state index contributed by atoms with van der Waals surface area (Å²) < 4.78 is 32.1. The molecule has 0 atom stereocenters. The van der Waals surface area contributed by atoms with Crippen LogP contribution in [-0.4, -0.2) is 17.7 Å². The second-order valence-electron chi connectivity index (χ2n) is 7.27. The molecular weight excluding hydrogens is 399 g/mol. The summed E-state index contributed by atoms with van der Waals surface area (Å²) in [6, 6.07) is 17.8. The number of carbonyl (C=O) groups excluding carboxylic acids is 1. The van der Waals surface area contributed by atoms with Gasteiger partial charge in [-0.3, -0.25) is 4.79 Å². The van der Waals surface area contributed by atoms with Gasteiger partial charge in [-0.2, -0.15) is 0 Å². The minimum absolute atomic E-state index is 0.204. The summed E-state index contributed by atoms with van der Waals surface area (Å²) in [6.45, 7) is 6.03. The maximum atomic E-state index is 14.6. The lowest BCUT2D eigenvalue weighted by molar-refractivity contribution is -0.147. The van der Waals surface area contributed by atoms with Crippen LogP contribution in [0.5, 0.6) is 11.5 Å². The summed E-state index contributed by atoms with van der Waals surface area (Å²) >= 11 is 0. The molecule has 164 valence electrons. The molecule has 0 radical (unpaired) electrons. The fourth-order valence-corrected chi connectivity index (χ4v) is 5.69. The molecule has 0 spiro atoms. The Hall–Kier alpha value is -2.26.